The smallest absolute Gasteiger partial charge is 0.156 e. The minimum absolute atomic E-state index is 0.0218. The minimum atomic E-state index is -1.21. The molecule has 1 heterocycles. The first-order valence-electron chi connectivity index (χ1n) is 5.68. The molecule has 1 aliphatic heterocycles. The monoisotopic (exact) mass is 255 g/mol. The van der Waals surface area contributed by atoms with Gasteiger partial charge in [0.2, 0.25) is 0 Å². The zero-order valence-electron chi connectivity index (χ0n) is 9.98. The Labute approximate surface area is 105 Å². The number of aliphatic hydroxyl groups is 3. The van der Waals surface area contributed by atoms with Crippen LogP contribution in [0.15, 0.2) is 24.3 Å². The van der Waals surface area contributed by atoms with E-state index >= 15 is 0 Å². The molecule has 18 heavy (non-hydrogen) atoms. The molecule has 1 aliphatic rings. The van der Waals surface area contributed by atoms with E-state index in [1.165, 1.54) is 0 Å². The molecule has 0 amide bonds. The minimum Gasteiger partial charge on any atom is -0.497 e. The summed E-state index contributed by atoms with van der Waals surface area (Å²) < 4.78 is 10.3. The van der Waals surface area contributed by atoms with Gasteiger partial charge in [0.15, 0.2) is 6.23 Å². The molecule has 1 aromatic rings. The molecule has 0 radical (unpaired) electrons. The molecule has 6 nitrogen and oxygen atoms in total. The van der Waals surface area contributed by atoms with Crippen LogP contribution in [-0.4, -0.2) is 53.6 Å². The molecule has 0 aromatic heterocycles. The topological polar surface area (TPSA) is 91.2 Å². The van der Waals surface area contributed by atoms with Crippen LogP contribution < -0.4 is 10.1 Å². The quantitative estimate of drug-likeness (QED) is 0.584. The van der Waals surface area contributed by atoms with Crippen LogP contribution >= 0.6 is 0 Å². The van der Waals surface area contributed by atoms with E-state index in [2.05, 4.69) is 5.32 Å². The van der Waals surface area contributed by atoms with Crippen LogP contribution in [0, 0.1) is 0 Å². The van der Waals surface area contributed by atoms with Gasteiger partial charge in [0.25, 0.3) is 0 Å². The standard InChI is InChI=1S/C12H17NO5/c1-17-8-4-2-7(3-5-8)13-12-11(16)10(15)9(14)6-18-12/h2-5,9-16H,6H2,1H3. The van der Waals surface area contributed by atoms with Gasteiger partial charge in [-0.05, 0) is 24.3 Å². The summed E-state index contributed by atoms with van der Waals surface area (Å²) in [6.45, 7) is -0.0218. The Balaban J connectivity index is 2.00. The Kier molecular flexibility index (Phi) is 4.03. The fourth-order valence-corrected chi connectivity index (χ4v) is 1.78. The zero-order chi connectivity index (χ0) is 13.1. The van der Waals surface area contributed by atoms with Gasteiger partial charge in [-0.15, -0.1) is 0 Å². The lowest BCUT2D eigenvalue weighted by Crippen LogP contribution is -2.55. The van der Waals surface area contributed by atoms with Gasteiger partial charge in [0.05, 0.1) is 13.7 Å². The van der Waals surface area contributed by atoms with Gasteiger partial charge in [0, 0.05) is 5.69 Å². The number of nitrogens with one attached hydrogen (secondary N) is 1. The van der Waals surface area contributed by atoms with Crippen molar-refractivity contribution in [2.24, 2.45) is 0 Å². The Morgan fingerprint density at radius 2 is 1.83 bits per heavy atom. The molecular weight excluding hydrogens is 238 g/mol. The predicted octanol–water partition coefficient (Wildman–Crippen LogP) is -0.454. The molecule has 2 rings (SSSR count). The molecule has 6 heteroatoms. The fourth-order valence-electron chi connectivity index (χ4n) is 1.78. The van der Waals surface area contributed by atoms with Crippen molar-refractivity contribution in [2.45, 2.75) is 24.5 Å². The second-order valence-corrected chi connectivity index (χ2v) is 4.18. The van der Waals surface area contributed by atoms with Crippen molar-refractivity contribution in [3.8, 4) is 5.75 Å². The van der Waals surface area contributed by atoms with E-state index < -0.39 is 24.5 Å². The van der Waals surface area contributed by atoms with Gasteiger partial charge >= 0.3 is 0 Å². The molecule has 1 fully saturated rings. The Bertz CT molecular complexity index is 383. The first-order chi connectivity index (χ1) is 8.61. The highest BCUT2D eigenvalue weighted by Gasteiger charge is 2.37. The first kappa shape index (κ1) is 13.1. The second-order valence-electron chi connectivity index (χ2n) is 4.18. The van der Waals surface area contributed by atoms with Crippen molar-refractivity contribution in [2.75, 3.05) is 19.0 Å². The number of methoxy groups -OCH3 is 1. The third-order valence-corrected chi connectivity index (χ3v) is 2.90. The molecular formula is C12H17NO5. The van der Waals surface area contributed by atoms with E-state index in [0.717, 1.165) is 11.4 Å². The molecule has 0 bridgehead atoms. The van der Waals surface area contributed by atoms with Crippen LogP contribution in [0.4, 0.5) is 5.69 Å². The van der Waals surface area contributed by atoms with Crippen LogP contribution in [0.2, 0.25) is 0 Å². The zero-order valence-corrected chi connectivity index (χ0v) is 9.98. The summed E-state index contributed by atoms with van der Waals surface area (Å²) in [5, 5.41) is 31.5. The molecule has 4 N–H and O–H groups in total. The van der Waals surface area contributed by atoms with E-state index in [4.69, 9.17) is 9.47 Å². The second kappa shape index (κ2) is 5.53. The van der Waals surface area contributed by atoms with Gasteiger partial charge in [-0.25, -0.2) is 0 Å². The van der Waals surface area contributed by atoms with Gasteiger partial charge in [-0.3, -0.25) is 0 Å². The fraction of sp³-hybridized carbons (Fsp3) is 0.500. The van der Waals surface area contributed by atoms with Crippen molar-refractivity contribution < 1.29 is 24.8 Å². The van der Waals surface area contributed by atoms with E-state index in [9.17, 15) is 15.3 Å². The van der Waals surface area contributed by atoms with Gasteiger partial charge in [-0.1, -0.05) is 0 Å². The SMILES string of the molecule is COc1ccc(NC2OCC(O)C(O)C2O)cc1. The molecule has 4 unspecified atom stereocenters. The highest BCUT2D eigenvalue weighted by atomic mass is 16.5. The van der Waals surface area contributed by atoms with Crippen molar-refractivity contribution >= 4 is 5.69 Å². The summed E-state index contributed by atoms with van der Waals surface area (Å²) in [6, 6.07) is 7.07. The summed E-state index contributed by atoms with van der Waals surface area (Å²) in [5.74, 6) is 0.723. The Hall–Kier alpha value is -1.34. The maximum absolute atomic E-state index is 9.75. The number of rotatable bonds is 3. The molecule has 1 aromatic carbocycles. The molecule has 1 saturated heterocycles. The summed E-state index contributed by atoms with van der Waals surface area (Å²) in [4.78, 5) is 0. The summed E-state index contributed by atoms with van der Waals surface area (Å²) in [6.07, 6.45) is -4.21. The van der Waals surface area contributed by atoms with Crippen LogP contribution in [0.25, 0.3) is 0 Å². The largest absolute Gasteiger partial charge is 0.497 e. The highest BCUT2D eigenvalue weighted by Crippen LogP contribution is 2.20. The highest BCUT2D eigenvalue weighted by molar-refractivity contribution is 5.47. The van der Waals surface area contributed by atoms with E-state index in [-0.39, 0.29) is 6.61 Å². The van der Waals surface area contributed by atoms with Crippen molar-refractivity contribution in [3.63, 3.8) is 0 Å². The van der Waals surface area contributed by atoms with E-state index in [1.54, 1.807) is 31.4 Å². The van der Waals surface area contributed by atoms with Gasteiger partial charge in [0.1, 0.15) is 24.1 Å². The van der Waals surface area contributed by atoms with Gasteiger partial charge < -0.3 is 30.1 Å². The number of benzene rings is 1. The molecule has 0 saturated carbocycles. The van der Waals surface area contributed by atoms with Crippen molar-refractivity contribution in [3.05, 3.63) is 24.3 Å². The Morgan fingerprint density at radius 3 is 2.44 bits per heavy atom. The van der Waals surface area contributed by atoms with Crippen LogP contribution in [0.1, 0.15) is 0 Å². The maximum atomic E-state index is 9.75. The summed E-state index contributed by atoms with van der Waals surface area (Å²) >= 11 is 0. The maximum Gasteiger partial charge on any atom is 0.156 e. The van der Waals surface area contributed by atoms with E-state index in [1.807, 2.05) is 0 Å². The summed E-state index contributed by atoms with van der Waals surface area (Å²) in [7, 11) is 1.58. The third kappa shape index (κ3) is 2.73. The molecule has 0 aliphatic carbocycles. The van der Waals surface area contributed by atoms with E-state index in [0.29, 0.717) is 0 Å². The number of ether oxygens (including phenoxy) is 2. The predicted molar refractivity (Wildman–Crippen MR) is 64.4 cm³/mol. The number of hydrogen-bond donors (Lipinski definition) is 4. The van der Waals surface area contributed by atoms with Crippen LogP contribution in [0.5, 0.6) is 5.75 Å². The van der Waals surface area contributed by atoms with Crippen molar-refractivity contribution in [1.82, 2.24) is 0 Å². The van der Waals surface area contributed by atoms with Gasteiger partial charge in [-0.2, -0.15) is 0 Å². The summed E-state index contributed by atoms with van der Waals surface area (Å²) in [5.41, 5.74) is 0.725. The van der Waals surface area contributed by atoms with Crippen LogP contribution in [-0.2, 0) is 4.74 Å². The average Bonchev–Trinajstić information content (AvgIpc) is 2.40. The lowest BCUT2D eigenvalue weighted by atomic mass is 10.0. The third-order valence-electron chi connectivity index (χ3n) is 2.90. The molecule has 100 valence electrons. The molecule has 4 atom stereocenters. The van der Waals surface area contributed by atoms with Crippen LogP contribution in [0.3, 0.4) is 0 Å². The normalized spacial score (nSPS) is 32.0. The lowest BCUT2D eigenvalue weighted by molar-refractivity contribution is -0.178. The molecule has 0 spiro atoms. The lowest BCUT2D eigenvalue weighted by Gasteiger charge is -2.35. The van der Waals surface area contributed by atoms with Crippen molar-refractivity contribution in [1.29, 1.82) is 0 Å². The average molecular weight is 255 g/mol. The Morgan fingerprint density at radius 1 is 1.17 bits per heavy atom. The first-order valence-corrected chi connectivity index (χ1v) is 5.68. The number of anilines is 1. The number of aliphatic hydroxyl groups excluding tert-OH is 3. The number of hydrogen-bond acceptors (Lipinski definition) is 6.